The Morgan fingerprint density at radius 3 is 2.95 bits per heavy atom. The number of rotatable bonds is 7. The summed E-state index contributed by atoms with van der Waals surface area (Å²) in [5.74, 6) is -1.72. The molecule has 106 valence electrons. The van der Waals surface area contributed by atoms with Gasteiger partial charge in [0.15, 0.2) is 0 Å². The number of amides is 2. The number of nitrogens with zero attached hydrogens (tertiary/aromatic N) is 1. The molecule has 1 atom stereocenters. The van der Waals surface area contributed by atoms with Crippen molar-refractivity contribution in [1.29, 1.82) is 0 Å². The van der Waals surface area contributed by atoms with Crippen molar-refractivity contribution in [3.63, 3.8) is 0 Å². The summed E-state index contributed by atoms with van der Waals surface area (Å²) in [5, 5.41) is 11.0. The van der Waals surface area contributed by atoms with Gasteiger partial charge in [-0.05, 0) is 0 Å². The Hall–Kier alpha value is -1.89. The van der Waals surface area contributed by atoms with Crippen LogP contribution in [0.3, 0.4) is 0 Å². The van der Waals surface area contributed by atoms with Gasteiger partial charge in [-0.2, -0.15) is 0 Å². The van der Waals surface area contributed by atoms with Crippen molar-refractivity contribution in [1.82, 2.24) is 10.2 Å². The van der Waals surface area contributed by atoms with Crippen LogP contribution in [0.2, 0.25) is 0 Å². The lowest BCUT2D eigenvalue weighted by molar-refractivity contribution is -0.131. The first kappa shape index (κ1) is 15.2. The number of carboxylic acids is 1. The highest BCUT2D eigenvalue weighted by molar-refractivity contribution is 5.89. The molecule has 0 saturated carbocycles. The van der Waals surface area contributed by atoms with Crippen LogP contribution in [0.5, 0.6) is 0 Å². The Kier molecular flexibility index (Phi) is 6.01. The number of likely N-dealkylation sites (tertiary alicyclic amines) is 1. The van der Waals surface area contributed by atoms with E-state index in [1.807, 2.05) is 0 Å². The molecule has 19 heavy (non-hydrogen) atoms. The molecular weight excluding hydrogens is 252 g/mol. The minimum atomic E-state index is -1.06. The minimum Gasteiger partial charge on any atom is -0.478 e. The van der Waals surface area contributed by atoms with E-state index in [-0.39, 0.29) is 30.7 Å². The van der Waals surface area contributed by atoms with E-state index in [1.54, 1.807) is 12.0 Å². The number of carboxylic acid groups (broad SMARTS) is 1. The van der Waals surface area contributed by atoms with E-state index in [4.69, 9.17) is 9.84 Å². The molecule has 1 heterocycles. The van der Waals surface area contributed by atoms with E-state index in [0.29, 0.717) is 19.7 Å². The smallest absolute Gasteiger partial charge is 0.328 e. The third-order valence-electron chi connectivity index (χ3n) is 2.81. The van der Waals surface area contributed by atoms with Gasteiger partial charge in [0.25, 0.3) is 0 Å². The third-order valence-corrected chi connectivity index (χ3v) is 2.81. The molecule has 7 heteroatoms. The van der Waals surface area contributed by atoms with Crippen LogP contribution in [0.1, 0.15) is 6.42 Å². The zero-order chi connectivity index (χ0) is 14.3. The van der Waals surface area contributed by atoms with Crippen LogP contribution in [-0.4, -0.2) is 61.1 Å². The van der Waals surface area contributed by atoms with Crippen LogP contribution in [0.25, 0.3) is 0 Å². The number of carbonyl (C=O) groups excluding carboxylic acids is 2. The highest BCUT2D eigenvalue weighted by atomic mass is 16.5. The summed E-state index contributed by atoms with van der Waals surface area (Å²) in [6.45, 7) is 1.46. The molecule has 0 aromatic carbocycles. The van der Waals surface area contributed by atoms with Crippen molar-refractivity contribution in [3.8, 4) is 0 Å². The van der Waals surface area contributed by atoms with E-state index < -0.39 is 5.97 Å². The third kappa shape index (κ3) is 5.09. The number of hydrogen-bond acceptors (Lipinski definition) is 4. The average Bonchev–Trinajstić information content (AvgIpc) is 2.73. The lowest BCUT2D eigenvalue weighted by Gasteiger charge is -2.15. The van der Waals surface area contributed by atoms with Crippen molar-refractivity contribution in [3.05, 3.63) is 12.2 Å². The van der Waals surface area contributed by atoms with Crippen LogP contribution in [0.4, 0.5) is 0 Å². The summed E-state index contributed by atoms with van der Waals surface area (Å²) in [6.07, 6.45) is 2.50. The molecule has 2 N–H and O–H groups in total. The van der Waals surface area contributed by atoms with Gasteiger partial charge in [0.1, 0.15) is 0 Å². The van der Waals surface area contributed by atoms with Gasteiger partial charge in [-0.25, -0.2) is 4.79 Å². The molecule has 7 nitrogen and oxygen atoms in total. The number of methoxy groups -OCH3 is 1. The lowest BCUT2D eigenvalue weighted by Crippen LogP contribution is -2.34. The van der Waals surface area contributed by atoms with E-state index in [0.717, 1.165) is 6.08 Å². The van der Waals surface area contributed by atoms with E-state index >= 15 is 0 Å². The summed E-state index contributed by atoms with van der Waals surface area (Å²) in [6, 6.07) is 0. The molecule has 1 aliphatic heterocycles. The molecule has 2 amide bonds. The van der Waals surface area contributed by atoms with E-state index in [1.165, 1.54) is 6.08 Å². The summed E-state index contributed by atoms with van der Waals surface area (Å²) in [5.41, 5.74) is 0. The molecule has 0 bridgehead atoms. The van der Waals surface area contributed by atoms with E-state index in [2.05, 4.69) is 5.32 Å². The predicted octanol–water partition coefficient (Wildman–Crippen LogP) is -0.762. The van der Waals surface area contributed by atoms with Crippen LogP contribution < -0.4 is 5.32 Å². The maximum Gasteiger partial charge on any atom is 0.328 e. The molecule has 1 fully saturated rings. The lowest BCUT2D eigenvalue weighted by atomic mass is 10.1. The SMILES string of the molecule is COCCN1CC(C(=O)NC/C=C/C(=O)O)CC1=O. The molecule has 0 aromatic rings. The molecular formula is C12H18N2O5. The summed E-state index contributed by atoms with van der Waals surface area (Å²) in [4.78, 5) is 35.2. The second-order valence-corrected chi connectivity index (χ2v) is 4.22. The van der Waals surface area contributed by atoms with Gasteiger partial charge in [0, 0.05) is 39.2 Å². The summed E-state index contributed by atoms with van der Waals surface area (Å²) in [7, 11) is 1.56. The van der Waals surface area contributed by atoms with Crippen LogP contribution in [0.15, 0.2) is 12.2 Å². The standard InChI is InChI=1S/C12H18N2O5/c1-19-6-5-14-8-9(7-10(14)15)12(18)13-4-2-3-11(16)17/h2-3,9H,4-8H2,1H3,(H,13,18)(H,16,17)/b3-2+. The Labute approximate surface area is 111 Å². The van der Waals surface area contributed by atoms with Crippen molar-refractivity contribution in [2.45, 2.75) is 6.42 Å². The Morgan fingerprint density at radius 2 is 2.32 bits per heavy atom. The van der Waals surface area contributed by atoms with Crippen molar-refractivity contribution >= 4 is 17.8 Å². The number of aliphatic carboxylic acids is 1. The fraction of sp³-hybridized carbons (Fsp3) is 0.583. The molecule has 0 aliphatic carbocycles. The highest BCUT2D eigenvalue weighted by Gasteiger charge is 2.33. The zero-order valence-electron chi connectivity index (χ0n) is 10.8. The molecule has 1 saturated heterocycles. The fourth-order valence-corrected chi connectivity index (χ4v) is 1.83. The largest absolute Gasteiger partial charge is 0.478 e. The van der Waals surface area contributed by atoms with Crippen LogP contribution in [-0.2, 0) is 19.1 Å². The van der Waals surface area contributed by atoms with Gasteiger partial charge < -0.3 is 20.1 Å². The number of hydrogen-bond donors (Lipinski definition) is 2. The fourth-order valence-electron chi connectivity index (χ4n) is 1.83. The summed E-state index contributed by atoms with van der Waals surface area (Å²) >= 11 is 0. The molecule has 0 radical (unpaired) electrons. The zero-order valence-corrected chi connectivity index (χ0v) is 10.8. The molecule has 0 spiro atoms. The Balaban J connectivity index is 2.34. The van der Waals surface area contributed by atoms with Crippen molar-refractivity contribution in [2.75, 3.05) is 33.4 Å². The maximum absolute atomic E-state index is 11.8. The minimum absolute atomic E-state index is 0.0571. The first-order valence-corrected chi connectivity index (χ1v) is 5.98. The van der Waals surface area contributed by atoms with Crippen molar-refractivity contribution in [2.24, 2.45) is 5.92 Å². The maximum atomic E-state index is 11.8. The summed E-state index contributed by atoms with van der Waals surface area (Å²) < 4.78 is 4.89. The van der Waals surface area contributed by atoms with Gasteiger partial charge in [-0.3, -0.25) is 9.59 Å². The second kappa shape index (κ2) is 7.52. The number of carbonyl (C=O) groups is 3. The predicted molar refractivity (Wildman–Crippen MR) is 66.3 cm³/mol. The quantitative estimate of drug-likeness (QED) is 0.593. The van der Waals surface area contributed by atoms with Gasteiger partial charge in [-0.1, -0.05) is 6.08 Å². The second-order valence-electron chi connectivity index (χ2n) is 4.22. The molecule has 1 rings (SSSR count). The monoisotopic (exact) mass is 270 g/mol. The first-order chi connectivity index (χ1) is 9.04. The molecule has 1 aliphatic rings. The normalized spacial score (nSPS) is 19.1. The Bertz CT molecular complexity index is 380. The van der Waals surface area contributed by atoms with Crippen LogP contribution >= 0.6 is 0 Å². The number of nitrogens with one attached hydrogen (secondary N) is 1. The molecule has 0 aromatic heterocycles. The van der Waals surface area contributed by atoms with Crippen LogP contribution in [0, 0.1) is 5.92 Å². The van der Waals surface area contributed by atoms with E-state index in [9.17, 15) is 14.4 Å². The average molecular weight is 270 g/mol. The van der Waals surface area contributed by atoms with Gasteiger partial charge in [-0.15, -0.1) is 0 Å². The number of ether oxygens (including phenoxy) is 1. The van der Waals surface area contributed by atoms with Crippen molar-refractivity contribution < 1.29 is 24.2 Å². The Morgan fingerprint density at radius 1 is 1.58 bits per heavy atom. The van der Waals surface area contributed by atoms with Gasteiger partial charge in [0.05, 0.1) is 12.5 Å². The van der Waals surface area contributed by atoms with Gasteiger partial charge >= 0.3 is 5.97 Å². The topological polar surface area (TPSA) is 95.9 Å². The molecule has 1 unspecified atom stereocenters. The first-order valence-electron chi connectivity index (χ1n) is 5.98. The van der Waals surface area contributed by atoms with Gasteiger partial charge in [0.2, 0.25) is 11.8 Å². The highest BCUT2D eigenvalue weighted by Crippen LogP contribution is 2.17.